The zero-order chi connectivity index (χ0) is 11.3. The maximum absolute atomic E-state index is 11.5. The number of methoxy groups -OCH3 is 1. The zero-order valence-corrected chi connectivity index (χ0v) is 9.75. The van der Waals surface area contributed by atoms with Crippen molar-refractivity contribution >= 4 is 24.2 Å². The number of amides is 1. The lowest BCUT2D eigenvalue weighted by Gasteiger charge is -2.09. The third kappa shape index (κ3) is 3.47. The predicted octanol–water partition coefficient (Wildman–Crippen LogP) is 2.20. The Morgan fingerprint density at radius 3 is 2.53 bits per heavy atom. The maximum Gasteiger partial charge on any atom is 0.228 e. The van der Waals surface area contributed by atoms with Crippen molar-refractivity contribution in [3.63, 3.8) is 0 Å². The number of ether oxygens (including phenoxy) is 1. The van der Waals surface area contributed by atoms with Crippen molar-refractivity contribution in [3.8, 4) is 5.75 Å². The molecule has 1 N–H and O–H groups in total. The van der Waals surface area contributed by atoms with Crippen molar-refractivity contribution in [1.29, 1.82) is 0 Å². The minimum Gasteiger partial charge on any atom is -0.497 e. The first-order valence-corrected chi connectivity index (χ1v) is 5.36. The van der Waals surface area contributed by atoms with Crippen LogP contribution in [-0.4, -0.2) is 18.8 Å². The highest BCUT2D eigenvalue weighted by Crippen LogP contribution is 2.15. The van der Waals surface area contributed by atoms with Crippen LogP contribution in [0.2, 0.25) is 0 Å². The number of thiol groups is 1. The summed E-state index contributed by atoms with van der Waals surface area (Å²) < 4.78 is 5.02. The second-order valence-corrected chi connectivity index (χ2v) is 3.67. The molecule has 0 radical (unpaired) electrons. The highest BCUT2D eigenvalue weighted by Gasteiger charge is 2.10. The molecule has 0 aliphatic heterocycles. The predicted molar refractivity (Wildman–Crippen MR) is 64.6 cm³/mol. The molecule has 0 fully saturated rings. The van der Waals surface area contributed by atoms with Gasteiger partial charge in [-0.15, -0.1) is 0 Å². The van der Waals surface area contributed by atoms with Gasteiger partial charge in [-0.25, -0.2) is 0 Å². The van der Waals surface area contributed by atoms with E-state index in [2.05, 4.69) is 17.9 Å². The van der Waals surface area contributed by atoms with E-state index in [0.29, 0.717) is 5.75 Å². The molecule has 1 amide bonds. The average Bonchev–Trinajstić information content (AvgIpc) is 2.29. The molecule has 3 nitrogen and oxygen atoms in total. The molecule has 0 aliphatic carbocycles. The lowest BCUT2D eigenvalue weighted by atomic mass is 10.2. The normalized spacial score (nSPS) is 11.9. The van der Waals surface area contributed by atoms with Crippen molar-refractivity contribution in [2.45, 2.75) is 6.92 Å². The number of rotatable bonds is 4. The number of nitrogens with one attached hydrogen (secondary N) is 1. The van der Waals surface area contributed by atoms with Gasteiger partial charge in [-0.3, -0.25) is 4.79 Å². The molecule has 0 bridgehead atoms. The second-order valence-electron chi connectivity index (χ2n) is 3.30. The van der Waals surface area contributed by atoms with Gasteiger partial charge in [0.15, 0.2) is 0 Å². The van der Waals surface area contributed by atoms with Crippen LogP contribution in [0.25, 0.3) is 0 Å². The molecule has 82 valence electrons. The van der Waals surface area contributed by atoms with Crippen LogP contribution >= 0.6 is 12.6 Å². The topological polar surface area (TPSA) is 38.3 Å². The third-order valence-corrected chi connectivity index (χ3v) is 2.63. The summed E-state index contributed by atoms with van der Waals surface area (Å²) in [6.45, 7) is 1.84. The van der Waals surface area contributed by atoms with E-state index in [9.17, 15) is 4.79 Å². The van der Waals surface area contributed by atoms with Crippen LogP contribution in [-0.2, 0) is 4.79 Å². The summed E-state index contributed by atoms with van der Waals surface area (Å²) in [7, 11) is 1.61. The molecular weight excluding hydrogens is 210 g/mol. The molecular formula is C11H15NO2S. The van der Waals surface area contributed by atoms with E-state index in [0.717, 1.165) is 11.4 Å². The van der Waals surface area contributed by atoms with Gasteiger partial charge in [0.05, 0.1) is 7.11 Å². The minimum atomic E-state index is -0.0876. The van der Waals surface area contributed by atoms with Gasteiger partial charge in [0.25, 0.3) is 0 Å². The summed E-state index contributed by atoms with van der Waals surface area (Å²) in [5.41, 5.74) is 0.773. The fourth-order valence-corrected chi connectivity index (χ4v) is 1.19. The Hall–Kier alpha value is -1.16. The van der Waals surface area contributed by atoms with Gasteiger partial charge in [-0.2, -0.15) is 12.6 Å². The van der Waals surface area contributed by atoms with Crippen LogP contribution in [0.15, 0.2) is 24.3 Å². The molecule has 1 atom stereocenters. The van der Waals surface area contributed by atoms with Crippen LogP contribution in [0, 0.1) is 5.92 Å². The molecule has 0 aromatic heterocycles. The minimum absolute atomic E-state index is 0.0184. The largest absolute Gasteiger partial charge is 0.497 e. The van der Waals surface area contributed by atoms with E-state index in [1.165, 1.54) is 0 Å². The fourth-order valence-electron chi connectivity index (χ4n) is 1.02. The number of anilines is 1. The van der Waals surface area contributed by atoms with Gasteiger partial charge in [-0.05, 0) is 24.3 Å². The Balaban J connectivity index is 2.61. The van der Waals surface area contributed by atoms with Crippen molar-refractivity contribution in [2.75, 3.05) is 18.2 Å². The first-order chi connectivity index (χ1) is 7.17. The fraction of sp³-hybridized carbons (Fsp3) is 0.364. The van der Waals surface area contributed by atoms with E-state index >= 15 is 0 Å². The Labute approximate surface area is 95.2 Å². The molecule has 1 rings (SSSR count). The standard InChI is InChI=1S/C11H15NO2S/c1-8(7-15)11(13)12-9-3-5-10(14-2)6-4-9/h3-6,8,15H,7H2,1-2H3,(H,12,13). The lowest BCUT2D eigenvalue weighted by Crippen LogP contribution is -2.21. The van der Waals surface area contributed by atoms with E-state index in [1.807, 2.05) is 19.1 Å². The molecule has 4 heteroatoms. The van der Waals surface area contributed by atoms with E-state index in [-0.39, 0.29) is 11.8 Å². The SMILES string of the molecule is COc1ccc(NC(=O)C(C)CS)cc1. The van der Waals surface area contributed by atoms with Crippen LogP contribution in [0.5, 0.6) is 5.75 Å². The molecule has 1 aromatic carbocycles. The van der Waals surface area contributed by atoms with E-state index in [1.54, 1.807) is 19.2 Å². The van der Waals surface area contributed by atoms with Crippen LogP contribution in [0.3, 0.4) is 0 Å². The monoisotopic (exact) mass is 225 g/mol. The first kappa shape index (κ1) is 11.9. The highest BCUT2D eigenvalue weighted by atomic mass is 32.1. The molecule has 1 aromatic rings. The van der Waals surface area contributed by atoms with Crippen molar-refractivity contribution in [3.05, 3.63) is 24.3 Å². The van der Waals surface area contributed by atoms with Gasteiger partial charge in [0.2, 0.25) is 5.91 Å². The van der Waals surface area contributed by atoms with Gasteiger partial charge >= 0.3 is 0 Å². The maximum atomic E-state index is 11.5. The Kier molecular flexibility index (Phi) is 4.49. The van der Waals surface area contributed by atoms with Gasteiger partial charge in [0.1, 0.15) is 5.75 Å². The first-order valence-electron chi connectivity index (χ1n) is 4.73. The Bertz CT molecular complexity index is 324. The van der Waals surface area contributed by atoms with Crippen molar-refractivity contribution in [1.82, 2.24) is 0 Å². The number of hydrogen-bond donors (Lipinski definition) is 2. The number of benzene rings is 1. The molecule has 1 unspecified atom stereocenters. The molecule has 0 heterocycles. The summed E-state index contributed by atoms with van der Waals surface area (Å²) in [4.78, 5) is 11.5. The lowest BCUT2D eigenvalue weighted by molar-refractivity contribution is -0.118. The van der Waals surface area contributed by atoms with Gasteiger partial charge in [0, 0.05) is 17.4 Å². The smallest absolute Gasteiger partial charge is 0.228 e. The van der Waals surface area contributed by atoms with E-state index in [4.69, 9.17) is 4.74 Å². The third-order valence-electron chi connectivity index (χ3n) is 2.08. The molecule has 0 spiro atoms. The van der Waals surface area contributed by atoms with Crippen LogP contribution in [0.1, 0.15) is 6.92 Å². The summed E-state index contributed by atoms with van der Waals surface area (Å²) in [5.74, 6) is 1.21. The summed E-state index contributed by atoms with van der Waals surface area (Å²) >= 11 is 4.07. The highest BCUT2D eigenvalue weighted by molar-refractivity contribution is 7.80. The number of carbonyl (C=O) groups excluding carboxylic acids is 1. The van der Waals surface area contributed by atoms with Gasteiger partial charge < -0.3 is 10.1 Å². The zero-order valence-electron chi connectivity index (χ0n) is 8.86. The number of hydrogen-bond acceptors (Lipinski definition) is 3. The van der Waals surface area contributed by atoms with Crippen LogP contribution in [0.4, 0.5) is 5.69 Å². The quantitative estimate of drug-likeness (QED) is 0.771. The van der Waals surface area contributed by atoms with Gasteiger partial charge in [-0.1, -0.05) is 6.92 Å². The summed E-state index contributed by atoms with van der Waals surface area (Å²) in [6, 6.07) is 7.23. The summed E-state index contributed by atoms with van der Waals surface area (Å²) in [6.07, 6.45) is 0. The molecule has 15 heavy (non-hydrogen) atoms. The average molecular weight is 225 g/mol. The van der Waals surface area contributed by atoms with E-state index < -0.39 is 0 Å². The summed E-state index contributed by atoms with van der Waals surface area (Å²) in [5, 5.41) is 2.80. The Morgan fingerprint density at radius 2 is 2.07 bits per heavy atom. The molecule has 0 saturated carbocycles. The Morgan fingerprint density at radius 1 is 1.47 bits per heavy atom. The van der Waals surface area contributed by atoms with Crippen LogP contribution < -0.4 is 10.1 Å². The second kappa shape index (κ2) is 5.66. The van der Waals surface area contributed by atoms with Crippen molar-refractivity contribution < 1.29 is 9.53 Å². The van der Waals surface area contributed by atoms with Crippen molar-refractivity contribution in [2.24, 2.45) is 5.92 Å². The molecule has 0 saturated heterocycles. The molecule has 0 aliphatic rings. The number of carbonyl (C=O) groups is 1.